The van der Waals surface area contributed by atoms with E-state index >= 15 is 0 Å². The van der Waals surface area contributed by atoms with Crippen LogP contribution in [0.15, 0.2) is 24.5 Å². The molecule has 1 N–H and O–H groups in total. The number of fused-ring (bicyclic) bond motifs is 1. The lowest BCUT2D eigenvalue weighted by Crippen LogP contribution is -2.10. The van der Waals surface area contributed by atoms with Crippen LogP contribution in [-0.2, 0) is 6.54 Å². The summed E-state index contributed by atoms with van der Waals surface area (Å²) in [5.41, 5.74) is 4.24. The average molecular weight is 287 g/mol. The zero-order chi connectivity index (χ0) is 14.3. The van der Waals surface area contributed by atoms with Crippen molar-refractivity contribution in [2.75, 3.05) is 0 Å². The summed E-state index contributed by atoms with van der Waals surface area (Å²) in [6, 6.07) is 4.18. The summed E-state index contributed by atoms with van der Waals surface area (Å²) >= 11 is 5.50. The molecule has 3 heterocycles. The van der Waals surface area contributed by atoms with E-state index in [4.69, 9.17) is 12.2 Å². The van der Waals surface area contributed by atoms with Gasteiger partial charge in [0.1, 0.15) is 5.52 Å². The highest BCUT2D eigenvalue weighted by Crippen LogP contribution is 2.25. The second kappa shape index (κ2) is 4.86. The van der Waals surface area contributed by atoms with Crippen molar-refractivity contribution in [1.29, 1.82) is 0 Å². The van der Waals surface area contributed by atoms with E-state index < -0.39 is 0 Å². The average Bonchev–Trinajstić information content (AvgIpc) is 2.96. The fourth-order valence-electron chi connectivity index (χ4n) is 2.59. The molecule has 0 spiro atoms. The van der Waals surface area contributed by atoms with Gasteiger partial charge in [-0.25, -0.2) is 4.68 Å². The van der Waals surface area contributed by atoms with Gasteiger partial charge in [-0.15, -0.1) is 0 Å². The highest BCUT2D eigenvalue weighted by Gasteiger charge is 2.18. The number of pyridine rings is 1. The Morgan fingerprint density at radius 1 is 1.35 bits per heavy atom. The monoisotopic (exact) mass is 287 g/mol. The summed E-state index contributed by atoms with van der Waals surface area (Å²) in [6.45, 7) is 7.05. The molecule has 3 aromatic rings. The number of hydrogen-bond donors (Lipinski definition) is 1. The van der Waals surface area contributed by atoms with Gasteiger partial charge >= 0.3 is 0 Å². The molecule has 0 fully saturated rings. The van der Waals surface area contributed by atoms with Gasteiger partial charge in [-0.2, -0.15) is 5.10 Å². The van der Waals surface area contributed by atoms with Crippen molar-refractivity contribution < 1.29 is 0 Å². The number of nitrogens with zero attached hydrogens (tertiary/aromatic N) is 4. The van der Waals surface area contributed by atoms with Gasteiger partial charge in [0.05, 0.1) is 11.7 Å². The van der Waals surface area contributed by atoms with Gasteiger partial charge in [-0.1, -0.05) is 0 Å². The van der Waals surface area contributed by atoms with Crippen LogP contribution in [-0.4, -0.2) is 24.3 Å². The van der Waals surface area contributed by atoms with Crippen molar-refractivity contribution in [3.63, 3.8) is 0 Å². The molecule has 0 amide bonds. The van der Waals surface area contributed by atoms with Gasteiger partial charge in [-0.3, -0.25) is 9.55 Å². The second-order valence-corrected chi connectivity index (χ2v) is 5.24. The molecule has 0 saturated heterocycles. The minimum atomic E-state index is 0.139. The van der Waals surface area contributed by atoms with Gasteiger partial charge in [0.15, 0.2) is 10.4 Å². The molecule has 0 saturated carbocycles. The molecule has 0 aliphatic carbocycles. The van der Waals surface area contributed by atoms with Crippen LogP contribution < -0.4 is 0 Å². The largest absolute Gasteiger partial charge is 0.328 e. The first kappa shape index (κ1) is 13.1. The Labute approximate surface area is 122 Å². The predicted octanol–water partition coefficient (Wildman–Crippen LogP) is 3.23. The highest BCUT2D eigenvalue weighted by atomic mass is 32.1. The maximum Gasteiger partial charge on any atom is 0.179 e. The zero-order valence-electron chi connectivity index (χ0n) is 11.8. The van der Waals surface area contributed by atoms with Crippen molar-refractivity contribution in [2.45, 2.75) is 33.4 Å². The molecule has 104 valence electrons. The highest BCUT2D eigenvalue weighted by molar-refractivity contribution is 7.71. The first-order chi connectivity index (χ1) is 9.63. The quantitative estimate of drug-likeness (QED) is 0.752. The lowest BCUT2D eigenvalue weighted by atomic mass is 10.1. The van der Waals surface area contributed by atoms with Crippen LogP contribution in [0.2, 0.25) is 0 Å². The summed E-state index contributed by atoms with van der Waals surface area (Å²) in [5, 5.41) is 4.55. The van der Waals surface area contributed by atoms with Gasteiger partial charge in [0.25, 0.3) is 0 Å². The van der Waals surface area contributed by atoms with E-state index in [1.165, 1.54) is 5.56 Å². The molecule has 6 heteroatoms. The maximum absolute atomic E-state index is 5.50. The molecule has 3 aromatic heterocycles. The minimum Gasteiger partial charge on any atom is -0.328 e. The Morgan fingerprint density at radius 3 is 2.70 bits per heavy atom. The number of rotatable bonds is 3. The maximum atomic E-state index is 5.50. The van der Waals surface area contributed by atoms with Crippen LogP contribution in [0.4, 0.5) is 0 Å². The van der Waals surface area contributed by atoms with E-state index in [9.17, 15) is 0 Å². The van der Waals surface area contributed by atoms with E-state index in [1.54, 1.807) is 0 Å². The van der Waals surface area contributed by atoms with Gasteiger partial charge in [0, 0.05) is 18.9 Å². The van der Waals surface area contributed by atoms with Crippen LogP contribution >= 0.6 is 12.2 Å². The fourth-order valence-corrected chi connectivity index (χ4v) is 2.94. The molecule has 0 bridgehead atoms. The topological polar surface area (TPSA) is 51.4 Å². The van der Waals surface area contributed by atoms with Crippen LogP contribution in [0, 0.1) is 11.7 Å². The van der Waals surface area contributed by atoms with E-state index in [0.717, 1.165) is 28.2 Å². The molecule has 3 rings (SSSR count). The molecule has 0 aliphatic heterocycles. The lowest BCUT2D eigenvalue weighted by Gasteiger charge is -2.15. The molecule has 5 nitrogen and oxygen atoms in total. The molecule has 1 unspecified atom stereocenters. The van der Waals surface area contributed by atoms with Crippen LogP contribution in [0.5, 0.6) is 0 Å². The smallest absolute Gasteiger partial charge is 0.179 e. The third-order valence-corrected chi connectivity index (χ3v) is 3.95. The zero-order valence-corrected chi connectivity index (χ0v) is 12.6. The molecule has 0 aromatic carbocycles. The summed E-state index contributed by atoms with van der Waals surface area (Å²) in [7, 11) is 0. The fraction of sp³-hybridized carbons (Fsp3) is 0.357. The first-order valence-electron chi connectivity index (χ1n) is 6.71. The number of hydrogen-bond acceptors (Lipinski definition) is 3. The Morgan fingerprint density at radius 2 is 2.05 bits per heavy atom. The van der Waals surface area contributed by atoms with Gasteiger partial charge in [0.2, 0.25) is 0 Å². The molecular formula is C14H17N5S. The van der Waals surface area contributed by atoms with E-state index in [0.29, 0.717) is 0 Å². The first-order valence-corrected chi connectivity index (χ1v) is 7.11. The Bertz CT molecular complexity index is 796. The van der Waals surface area contributed by atoms with Crippen LogP contribution in [0.25, 0.3) is 11.2 Å². The van der Waals surface area contributed by atoms with E-state index in [-0.39, 0.29) is 6.04 Å². The molecule has 20 heavy (non-hydrogen) atoms. The van der Waals surface area contributed by atoms with Crippen molar-refractivity contribution >= 4 is 23.4 Å². The second-order valence-electron chi connectivity index (χ2n) is 4.86. The predicted molar refractivity (Wildman–Crippen MR) is 81.4 cm³/mol. The van der Waals surface area contributed by atoms with Crippen molar-refractivity contribution in [1.82, 2.24) is 24.3 Å². The summed E-state index contributed by atoms with van der Waals surface area (Å²) in [6.07, 6.45) is 3.61. The number of imidazole rings is 1. The minimum absolute atomic E-state index is 0.139. The van der Waals surface area contributed by atoms with Crippen LogP contribution in [0.3, 0.4) is 0 Å². The number of aromatic nitrogens is 5. The lowest BCUT2D eigenvalue weighted by molar-refractivity contribution is 0.596. The Hall–Kier alpha value is -1.95. The van der Waals surface area contributed by atoms with E-state index in [1.807, 2.05) is 36.1 Å². The summed E-state index contributed by atoms with van der Waals surface area (Å²) < 4.78 is 4.85. The molecular weight excluding hydrogens is 270 g/mol. The van der Waals surface area contributed by atoms with E-state index in [2.05, 4.69) is 33.5 Å². The van der Waals surface area contributed by atoms with Crippen molar-refractivity contribution in [2.24, 2.45) is 0 Å². The molecule has 0 aliphatic rings. The number of aryl methyl sites for hydroxylation is 2. The van der Waals surface area contributed by atoms with Crippen molar-refractivity contribution in [3.05, 3.63) is 40.6 Å². The van der Waals surface area contributed by atoms with Crippen molar-refractivity contribution in [3.8, 4) is 0 Å². The Kier molecular flexibility index (Phi) is 3.17. The normalized spacial score (nSPS) is 12.9. The summed E-state index contributed by atoms with van der Waals surface area (Å²) in [5.74, 6) is 0. The third-order valence-electron chi connectivity index (χ3n) is 3.65. The number of nitrogens with one attached hydrogen (secondary N) is 1. The molecule has 0 radical (unpaired) electrons. The number of H-pyrrole nitrogens is 1. The van der Waals surface area contributed by atoms with Gasteiger partial charge < -0.3 is 4.98 Å². The standard InChI is InChI=1S/C14H17N5S/c1-4-18-13-12(9(2)17-18)16-14(20)19(13)10(3)11-5-7-15-8-6-11/h5-8,10H,4H2,1-3H3,(H,16,20). The van der Waals surface area contributed by atoms with Gasteiger partial charge in [-0.05, 0) is 50.7 Å². The Balaban J connectivity index is 2.26. The summed E-state index contributed by atoms with van der Waals surface area (Å²) in [4.78, 5) is 7.35. The third kappa shape index (κ3) is 1.87. The molecule has 1 atom stereocenters. The SMILES string of the molecule is CCn1nc(C)c2[nH]c(=S)n(C(C)c3ccncc3)c21. The number of aromatic amines is 1. The van der Waals surface area contributed by atoms with Crippen LogP contribution in [0.1, 0.15) is 31.1 Å².